The average molecular weight is 150 g/mol. The molecule has 0 N–H and O–H groups in total. The largest absolute Gasteiger partial charge is 0.262 e. The molecule has 0 bridgehead atoms. The molecule has 1 aromatic heterocycles. The van der Waals surface area contributed by atoms with E-state index in [1.54, 1.807) is 0 Å². The standard InChI is InChI=1S/C8H12N3/c1-10-4-3-7-5-9-11(2)8(7)6-10/h5-6H,3-4H2,1-2H3/q+1. The van der Waals surface area contributed by atoms with Gasteiger partial charge in [-0.05, 0) is 0 Å². The number of hydrogen-bond donors (Lipinski definition) is 0. The van der Waals surface area contributed by atoms with Crippen LogP contribution in [0.1, 0.15) is 11.3 Å². The van der Waals surface area contributed by atoms with E-state index in [2.05, 4.69) is 22.9 Å². The molecule has 0 atom stereocenters. The lowest BCUT2D eigenvalue weighted by Crippen LogP contribution is -2.19. The number of nitrogens with zero attached hydrogens (tertiary/aromatic N) is 3. The minimum Gasteiger partial charge on any atom is -0.262 e. The van der Waals surface area contributed by atoms with Crippen LogP contribution in [0.3, 0.4) is 0 Å². The number of aryl methyl sites for hydroxylation is 1. The number of rotatable bonds is 0. The van der Waals surface area contributed by atoms with Crippen molar-refractivity contribution in [3.63, 3.8) is 0 Å². The third kappa shape index (κ3) is 0.964. The van der Waals surface area contributed by atoms with E-state index in [4.69, 9.17) is 0 Å². The van der Waals surface area contributed by atoms with Crippen LogP contribution < -0.4 is 0 Å². The molecule has 1 aliphatic heterocycles. The fraction of sp³-hybridized carbons (Fsp3) is 0.500. The first-order valence-corrected chi connectivity index (χ1v) is 3.83. The van der Waals surface area contributed by atoms with Gasteiger partial charge in [-0.3, -0.25) is 4.68 Å². The number of likely N-dealkylation sites (N-methyl/N-ethyl adjacent to an activating group) is 1. The second-order valence-corrected chi connectivity index (χ2v) is 3.04. The maximum absolute atomic E-state index is 4.19. The maximum atomic E-state index is 4.19. The molecule has 0 fully saturated rings. The summed E-state index contributed by atoms with van der Waals surface area (Å²) in [4.78, 5) is 0. The Hall–Kier alpha value is -1.12. The van der Waals surface area contributed by atoms with Gasteiger partial charge in [0.2, 0.25) is 0 Å². The molecule has 0 saturated heterocycles. The molecule has 0 radical (unpaired) electrons. The van der Waals surface area contributed by atoms with Crippen LogP contribution in [0.15, 0.2) is 6.20 Å². The SMILES string of the molecule is Cn1ncc2c1C=[N+](C)CC2. The Balaban J connectivity index is 2.55. The van der Waals surface area contributed by atoms with E-state index in [9.17, 15) is 0 Å². The first-order valence-electron chi connectivity index (χ1n) is 3.83. The molecule has 3 heteroatoms. The Morgan fingerprint density at radius 1 is 1.64 bits per heavy atom. The van der Waals surface area contributed by atoms with E-state index < -0.39 is 0 Å². The molecule has 1 aromatic rings. The lowest BCUT2D eigenvalue weighted by molar-refractivity contribution is -0.493. The van der Waals surface area contributed by atoms with Crippen LogP contribution in [0.2, 0.25) is 0 Å². The Bertz CT molecular complexity index is 309. The molecular formula is C8H12N3+. The quantitative estimate of drug-likeness (QED) is 0.478. The summed E-state index contributed by atoms with van der Waals surface area (Å²) in [6.07, 6.45) is 5.22. The van der Waals surface area contributed by atoms with Gasteiger partial charge in [-0.2, -0.15) is 5.10 Å². The second-order valence-electron chi connectivity index (χ2n) is 3.04. The minimum absolute atomic E-state index is 1.11. The monoisotopic (exact) mass is 150 g/mol. The van der Waals surface area contributed by atoms with Crippen LogP contribution in [0.25, 0.3) is 0 Å². The van der Waals surface area contributed by atoms with Crippen molar-refractivity contribution in [2.45, 2.75) is 6.42 Å². The van der Waals surface area contributed by atoms with Crippen LogP contribution in [0, 0.1) is 0 Å². The lowest BCUT2D eigenvalue weighted by Gasteiger charge is -2.04. The fourth-order valence-electron chi connectivity index (χ4n) is 1.42. The molecule has 2 rings (SSSR count). The molecule has 2 heterocycles. The molecule has 0 aliphatic carbocycles. The van der Waals surface area contributed by atoms with Gasteiger partial charge in [0.15, 0.2) is 6.21 Å². The van der Waals surface area contributed by atoms with Gasteiger partial charge < -0.3 is 0 Å². The smallest absolute Gasteiger partial charge is 0.189 e. The minimum atomic E-state index is 1.11. The van der Waals surface area contributed by atoms with Crippen LogP contribution in [0.4, 0.5) is 0 Å². The van der Waals surface area contributed by atoms with Crippen molar-refractivity contribution in [1.29, 1.82) is 0 Å². The van der Waals surface area contributed by atoms with Crippen LogP contribution in [-0.2, 0) is 13.5 Å². The van der Waals surface area contributed by atoms with E-state index >= 15 is 0 Å². The van der Waals surface area contributed by atoms with Crippen molar-refractivity contribution in [2.75, 3.05) is 13.6 Å². The highest BCUT2D eigenvalue weighted by molar-refractivity contribution is 5.75. The normalized spacial score (nSPS) is 16.0. The predicted molar refractivity (Wildman–Crippen MR) is 43.1 cm³/mol. The summed E-state index contributed by atoms with van der Waals surface area (Å²) in [5.41, 5.74) is 2.62. The first kappa shape index (κ1) is 6.58. The van der Waals surface area contributed by atoms with Crippen LogP contribution in [-0.4, -0.2) is 34.2 Å². The predicted octanol–water partition coefficient (Wildman–Crippen LogP) is 0.0374. The van der Waals surface area contributed by atoms with E-state index in [0.29, 0.717) is 0 Å². The third-order valence-corrected chi connectivity index (χ3v) is 2.14. The van der Waals surface area contributed by atoms with Gasteiger partial charge in [-0.1, -0.05) is 0 Å². The Kier molecular flexibility index (Phi) is 1.31. The number of fused-ring (bicyclic) bond motifs is 1. The molecular weight excluding hydrogens is 138 g/mol. The molecule has 58 valence electrons. The topological polar surface area (TPSA) is 20.8 Å². The van der Waals surface area contributed by atoms with Gasteiger partial charge >= 0.3 is 0 Å². The summed E-state index contributed by atoms with van der Waals surface area (Å²) >= 11 is 0. The zero-order valence-corrected chi connectivity index (χ0v) is 6.91. The van der Waals surface area contributed by atoms with E-state index in [0.717, 1.165) is 13.0 Å². The van der Waals surface area contributed by atoms with Gasteiger partial charge in [0, 0.05) is 19.0 Å². The van der Waals surface area contributed by atoms with Gasteiger partial charge in [-0.25, -0.2) is 4.58 Å². The first-order chi connectivity index (χ1) is 5.27. The van der Waals surface area contributed by atoms with Gasteiger partial charge in [0.05, 0.1) is 6.20 Å². The Morgan fingerprint density at radius 3 is 3.27 bits per heavy atom. The zero-order valence-electron chi connectivity index (χ0n) is 6.91. The van der Waals surface area contributed by atoms with Crippen molar-refractivity contribution in [1.82, 2.24) is 9.78 Å². The van der Waals surface area contributed by atoms with Crippen LogP contribution in [0.5, 0.6) is 0 Å². The van der Waals surface area contributed by atoms with Gasteiger partial charge in [0.1, 0.15) is 19.3 Å². The summed E-state index contributed by atoms with van der Waals surface area (Å²) < 4.78 is 4.12. The van der Waals surface area contributed by atoms with Crippen LogP contribution >= 0.6 is 0 Å². The molecule has 0 aromatic carbocycles. The lowest BCUT2D eigenvalue weighted by atomic mass is 10.1. The molecule has 0 unspecified atom stereocenters. The molecule has 1 aliphatic rings. The van der Waals surface area contributed by atoms with Gasteiger partial charge in [0.25, 0.3) is 0 Å². The van der Waals surface area contributed by atoms with Gasteiger partial charge in [-0.15, -0.1) is 0 Å². The summed E-state index contributed by atoms with van der Waals surface area (Å²) in [6.45, 7) is 1.11. The Labute approximate surface area is 66.0 Å². The van der Waals surface area contributed by atoms with Crippen molar-refractivity contribution in [2.24, 2.45) is 7.05 Å². The zero-order chi connectivity index (χ0) is 7.84. The summed E-state index contributed by atoms with van der Waals surface area (Å²) in [5, 5.41) is 4.19. The Morgan fingerprint density at radius 2 is 2.45 bits per heavy atom. The summed E-state index contributed by atoms with van der Waals surface area (Å²) in [5.74, 6) is 0. The summed E-state index contributed by atoms with van der Waals surface area (Å²) in [7, 11) is 4.07. The third-order valence-electron chi connectivity index (χ3n) is 2.14. The molecule has 11 heavy (non-hydrogen) atoms. The van der Waals surface area contributed by atoms with E-state index in [1.807, 2.05) is 17.9 Å². The highest BCUT2D eigenvalue weighted by atomic mass is 15.3. The van der Waals surface area contributed by atoms with Crippen molar-refractivity contribution < 1.29 is 4.58 Å². The second kappa shape index (κ2) is 2.19. The molecule has 0 spiro atoms. The maximum Gasteiger partial charge on any atom is 0.189 e. The van der Waals surface area contributed by atoms with Crippen molar-refractivity contribution in [3.8, 4) is 0 Å². The molecule has 0 saturated carbocycles. The average Bonchev–Trinajstić information content (AvgIpc) is 2.33. The van der Waals surface area contributed by atoms with Crippen molar-refractivity contribution in [3.05, 3.63) is 17.5 Å². The molecule has 3 nitrogen and oxygen atoms in total. The number of hydrogen-bond acceptors (Lipinski definition) is 1. The number of aromatic nitrogens is 2. The highest BCUT2D eigenvalue weighted by Gasteiger charge is 2.15. The van der Waals surface area contributed by atoms with E-state index in [-0.39, 0.29) is 0 Å². The van der Waals surface area contributed by atoms with Crippen molar-refractivity contribution >= 4 is 6.21 Å². The fourth-order valence-corrected chi connectivity index (χ4v) is 1.42. The molecule has 0 amide bonds. The summed E-state index contributed by atoms with van der Waals surface area (Å²) in [6, 6.07) is 0. The highest BCUT2D eigenvalue weighted by Crippen LogP contribution is 2.08. The van der Waals surface area contributed by atoms with E-state index in [1.165, 1.54) is 11.3 Å².